The standard InChI is InChI=1S/C29H33BrN2O3/c1-4-22-14-15-27(25(30)17-22)35-20-28(33)32(19-24-13-9-10-21(3)16-24)26(29(34)31-5-2)18-23-11-7-6-8-12-23/h6-17,26H,4-5,18-20H2,1-3H3,(H,31,34)/t26-/m0/s1. The van der Waals surface area contributed by atoms with E-state index in [4.69, 9.17) is 4.74 Å². The first-order chi connectivity index (χ1) is 16.9. The highest BCUT2D eigenvalue weighted by Gasteiger charge is 2.30. The molecule has 0 heterocycles. The number of rotatable bonds is 11. The molecule has 3 aromatic rings. The molecule has 2 amide bonds. The first-order valence-electron chi connectivity index (χ1n) is 12.0. The SMILES string of the molecule is CCNC(=O)[C@H](Cc1ccccc1)N(Cc1cccc(C)c1)C(=O)COc1ccc(CC)cc1Br. The molecule has 0 fully saturated rings. The van der Waals surface area contributed by atoms with Crippen molar-refractivity contribution in [1.82, 2.24) is 10.2 Å². The van der Waals surface area contributed by atoms with Gasteiger partial charge in [0.25, 0.3) is 5.91 Å². The van der Waals surface area contributed by atoms with Gasteiger partial charge in [-0.25, -0.2) is 0 Å². The Balaban J connectivity index is 1.89. The Morgan fingerprint density at radius 1 is 0.943 bits per heavy atom. The van der Waals surface area contributed by atoms with E-state index in [1.807, 2.05) is 86.6 Å². The van der Waals surface area contributed by atoms with Gasteiger partial charge in [0.05, 0.1) is 4.47 Å². The molecule has 35 heavy (non-hydrogen) atoms. The first-order valence-corrected chi connectivity index (χ1v) is 12.8. The van der Waals surface area contributed by atoms with Gasteiger partial charge in [0.1, 0.15) is 11.8 Å². The van der Waals surface area contributed by atoms with E-state index in [2.05, 4.69) is 28.2 Å². The van der Waals surface area contributed by atoms with Gasteiger partial charge in [-0.2, -0.15) is 0 Å². The zero-order valence-electron chi connectivity index (χ0n) is 20.6. The zero-order chi connectivity index (χ0) is 25.2. The molecule has 0 aromatic heterocycles. The summed E-state index contributed by atoms with van der Waals surface area (Å²) in [5.41, 5.74) is 4.23. The molecule has 1 N–H and O–H groups in total. The Morgan fingerprint density at radius 2 is 1.69 bits per heavy atom. The fourth-order valence-corrected chi connectivity index (χ4v) is 4.50. The molecule has 6 heteroatoms. The third-order valence-corrected chi connectivity index (χ3v) is 6.43. The molecule has 3 aromatic carbocycles. The summed E-state index contributed by atoms with van der Waals surface area (Å²) in [6.07, 6.45) is 1.33. The number of halogens is 1. The van der Waals surface area contributed by atoms with E-state index in [1.165, 1.54) is 5.56 Å². The van der Waals surface area contributed by atoms with Crippen molar-refractivity contribution in [2.24, 2.45) is 0 Å². The summed E-state index contributed by atoms with van der Waals surface area (Å²) in [6, 6.07) is 23.0. The maximum atomic E-state index is 13.6. The molecule has 0 aliphatic heterocycles. The monoisotopic (exact) mass is 536 g/mol. The van der Waals surface area contributed by atoms with Crippen LogP contribution in [0.3, 0.4) is 0 Å². The Morgan fingerprint density at radius 3 is 2.34 bits per heavy atom. The van der Waals surface area contributed by atoms with Crippen molar-refractivity contribution in [3.8, 4) is 5.75 Å². The number of likely N-dealkylation sites (N-methyl/N-ethyl adjacent to an activating group) is 1. The third-order valence-electron chi connectivity index (χ3n) is 5.81. The van der Waals surface area contributed by atoms with Crippen LogP contribution in [0.25, 0.3) is 0 Å². The molecule has 0 spiro atoms. The first kappa shape index (κ1) is 26.5. The molecule has 0 aliphatic rings. The van der Waals surface area contributed by atoms with Gasteiger partial charge in [0.15, 0.2) is 6.61 Å². The molecule has 3 rings (SSSR count). The predicted molar refractivity (Wildman–Crippen MR) is 143 cm³/mol. The van der Waals surface area contributed by atoms with Gasteiger partial charge in [0.2, 0.25) is 5.91 Å². The fraction of sp³-hybridized carbons (Fsp3) is 0.310. The van der Waals surface area contributed by atoms with E-state index in [0.29, 0.717) is 25.3 Å². The van der Waals surface area contributed by atoms with Gasteiger partial charge in [-0.05, 0) is 65.0 Å². The second-order valence-corrected chi connectivity index (χ2v) is 9.37. The van der Waals surface area contributed by atoms with Crippen LogP contribution < -0.4 is 10.1 Å². The van der Waals surface area contributed by atoms with Crippen LogP contribution in [-0.4, -0.2) is 35.9 Å². The molecule has 0 saturated carbocycles. The van der Waals surface area contributed by atoms with Crippen molar-refractivity contribution in [3.63, 3.8) is 0 Å². The lowest BCUT2D eigenvalue weighted by molar-refractivity contribution is -0.142. The van der Waals surface area contributed by atoms with Crippen molar-refractivity contribution < 1.29 is 14.3 Å². The number of carbonyl (C=O) groups is 2. The second-order valence-electron chi connectivity index (χ2n) is 8.52. The lowest BCUT2D eigenvalue weighted by atomic mass is 10.0. The van der Waals surface area contributed by atoms with E-state index in [0.717, 1.165) is 27.6 Å². The number of hydrogen-bond acceptors (Lipinski definition) is 3. The van der Waals surface area contributed by atoms with Crippen LogP contribution in [0.2, 0.25) is 0 Å². The largest absolute Gasteiger partial charge is 0.483 e. The molecule has 1 atom stereocenters. The minimum Gasteiger partial charge on any atom is -0.483 e. The van der Waals surface area contributed by atoms with Crippen LogP contribution in [0.4, 0.5) is 0 Å². The molecule has 5 nitrogen and oxygen atoms in total. The van der Waals surface area contributed by atoms with Crippen LogP contribution in [0.15, 0.2) is 77.3 Å². The number of nitrogens with zero attached hydrogens (tertiary/aromatic N) is 1. The Bertz CT molecular complexity index is 1130. The van der Waals surface area contributed by atoms with Crippen molar-refractivity contribution in [1.29, 1.82) is 0 Å². The van der Waals surface area contributed by atoms with Gasteiger partial charge in [-0.1, -0.05) is 73.2 Å². The lowest BCUT2D eigenvalue weighted by Gasteiger charge is -2.31. The van der Waals surface area contributed by atoms with Crippen molar-refractivity contribution >= 4 is 27.7 Å². The number of nitrogens with one attached hydrogen (secondary N) is 1. The van der Waals surface area contributed by atoms with E-state index < -0.39 is 6.04 Å². The van der Waals surface area contributed by atoms with Crippen LogP contribution in [0, 0.1) is 6.92 Å². The minimum absolute atomic E-state index is 0.166. The Kier molecular flexibility index (Phi) is 9.91. The Labute approximate surface area is 216 Å². The molecule has 0 aliphatic carbocycles. The minimum atomic E-state index is -0.667. The van der Waals surface area contributed by atoms with Crippen LogP contribution in [0.5, 0.6) is 5.75 Å². The van der Waals surface area contributed by atoms with Crippen LogP contribution in [0.1, 0.15) is 36.1 Å². The van der Waals surface area contributed by atoms with Crippen LogP contribution in [-0.2, 0) is 29.0 Å². The van der Waals surface area contributed by atoms with E-state index in [-0.39, 0.29) is 18.4 Å². The van der Waals surface area contributed by atoms with Crippen LogP contribution >= 0.6 is 15.9 Å². The molecule has 0 unspecified atom stereocenters. The van der Waals surface area contributed by atoms with Gasteiger partial charge in [-0.15, -0.1) is 0 Å². The van der Waals surface area contributed by atoms with Gasteiger partial charge >= 0.3 is 0 Å². The van der Waals surface area contributed by atoms with Gasteiger partial charge in [0, 0.05) is 19.5 Å². The second kappa shape index (κ2) is 13.1. The summed E-state index contributed by atoms with van der Waals surface area (Å²) in [6.45, 7) is 6.62. The highest BCUT2D eigenvalue weighted by molar-refractivity contribution is 9.10. The predicted octanol–water partition coefficient (Wildman–Crippen LogP) is 5.47. The number of carbonyl (C=O) groups excluding carboxylic acids is 2. The number of aryl methyl sites for hydroxylation is 2. The normalized spacial score (nSPS) is 11.5. The summed E-state index contributed by atoms with van der Waals surface area (Å²) in [5.74, 6) is 0.180. The molecule has 0 saturated heterocycles. The number of ether oxygens (including phenoxy) is 1. The summed E-state index contributed by atoms with van der Waals surface area (Å²) in [7, 11) is 0. The maximum Gasteiger partial charge on any atom is 0.261 e. The lowest BCUT2D eigenvalue weighted by Crippen LogP contribution is -2.51. The van der Waals surface area contributed by atoms with Crippen molar-refractivity contribution in [2.75, 3.05) is 13.2 Å². The average molecular weight is 537 g/mol. The van der Waals surface area contributed by atoms with Crippen molar-refractivity contribution in [2.45, 2.75) is 46.2 Å². The maximum absolute atomic E-state index is 13.6. The molecular formula is C29H33BrN2O3. The summed E-state index contributed by atoms with van der Waals surface area (Å²) < 4.78 is 6.72. The smallest absolute Gasteiger partial charge is 0.261 e. The van der Waals surface area contributed by atoms with Gasteiger partial charge in [-0.3, -0.25) is 9.59 Å². The summed E-state index contributed by atoms with van der Waals surface area (Å²) in [5, 5.41) is 2.91. The molecule has 0 radical (unpaired) electrons. The highest BCUT2D eigenvalue weighted by atomic mass is 79.9. The number of benzene rings is 3. The molecule has 184 valence electrons. The Hall–Kier alpha value is -3.12. The highest BCUT2D eigenvalue weighted by Crippen LogP contribution is 2.26. The van der Waals surface area contributed by atoms with E-state index in [1.54, 1.807) is 4.90 Å². The van der Waals surface area contributed by atoms with Gasteiger partial charge < -0.3 is 15.0 Å². The quantitative estimate of drug-likeness (QED) is 0.353. The third kappa shape index (κ3) is 7.69. The summed E-state index contributed by atoms with van der Waals surface area (Å²) >= 11 is 3.54. The van der Waals surface area contributed by atoms with Crippen molar-refractivity contribution in [3.05, 3.63) is 99.5 Å². The number of amides is 2. The zero-order valence-corrected chi connectivity index (χ0v) is 22.2. The van der Waals surface area contributed by atoms with E-state index in [9.17, 15) is 9.59 Å². The van der Waals surface area contributed by atoms with E-state index >= 15 is 0 Å². The topological polar surface area (TPSA) is 58.6 Å². The molecular weight excluding hydrogens is 504 g/mol. The number of hydrogen-bond donors (Lipinski definition) is 1. The molecule has 0 bridgehead atoms. The summed E-state index contributed by atoms with van der Waals surface area (Å²) in [4.78, 5) is 28.4. The average Bonchev–Trinajstić information content (AvgIpc) is 2.86. The fourth-order valence-electron chi connectivity index (χ4n) is 3.96.